The van der Waals surface area contributed by atoms with Gasteiger partial charge in [0.05, 0.1) is 11.7 Å². The van der Waals surface area contributed by atoms with Crippen molar-refractivity contribution in [1.82, 2.24) is 4.90 Å². The van der Waals surface area contributed by atoms with E-state index in [-0.39, 0.29) is 12.1 Å². The number of aliphatic imine (C=N–C) groups is 1. The fourth-order valence-corrected chi connectivity index (χ4v) is 3.97. The molecular weight excluding hydrogens is 297 g/mol. The van der Waals surface area contributed by atoms with Gasteiger partial charge in [0.2, 0.25) is 0 Å². The Morgan fingerprint density at radius 2 is 2.18 bits per heavy atom. The van der Waals surface area contributed by atoms with Crippen LogP contribution in [0.25, 0.3) is 0 Å². The number of aliphatic hydroxyl groups is 1. The highest BCUT2D eigenvalue weighted by molar-refractivity contribution is 7.72. The molecule has 0 aromatic heterocycles. The summed E-state index contributed by atoms with van der Waals surface area (Å²) in [6.45, 7) is 11.1. The standard InChI is InChI=1S/C16H28N3O2P/c1-11-14(20)16(3,8-10-22(4,5)6)21-15(11)19-9-7-13(17)18-12(19)2/h7,9,11,14-15,20H,2,4,8,10H2,1,3,5-6H3,(H2,17,18)/t11-,14+,15-,16-/m1/s1. The van der Waals surface area contributed by atoms with Crippen molar-refractivity contribution in [2.75, 3.05) is 19.5 Å². The second kappa shape index (κ2) is 5.88. The van der Waals surface area contributed by atoms with Crippen LogP contribution in [-0.4, -0.2) is 59.6 Å². The van der Waals surface area contributed by atoms with Gasteiger partial charge in [-0.15, -0.1) is 13.2 Å². The average Bonchev–Trinajstić information content (AvgIpc) is 2.61. The second-order valence-corrected chi connectivity index (χ2v) is 11.5. The van der Waals surface area contributed by atoms with Crippen molar-refractivity contribution in [3.05, 3.63) is 24.7 Å². The first-order valence-corrected chi connectivity index (χ1v) is 10.6. The van der Waals surface area contributed by atoms with Gasteiger partial charge in [0, 0.05) is 12.1 Å². The molecule has 6 heteroatoms. The fourth-order valence-electron chi connectivity index (χ4n) is 2.92. The zero-order valence-corrected chi connectivity index (χ0v) is 14.9. The van der Waals surface area contributed by atoms with E-state index in [0.717, 1.165) is 12.6 Å². The number of rotatable bonds is 4. The normalized spacial score (nSPS) is 35.9. The first kappa shape index (κ1) is 17.3. The van der Waals surface area contributed by atoms with Gasteiger partial charge in [0.1, 0.15) is 17.9 Å². The van der Waals surface area contributed by atoms with Crippen LogP contribution in [0.4, 0.5) is 0 Å². The molecule has 2 aliphatic rings. The number of hydrogen-bond acceptors (Lipinski definition) is 5. The third kappa shape index (κ3) is 3.48. The molecule has 0 aromatic carbocycles. The van der Waals surface area contributed by atoms with Crippen LogP contribution in [-0.2, 0) is 4.74 Å². The molecule has 1 saturated heterocycles. The monoisotopic (exact) mass is 325 g/mol. The van der Waals surface area contributed by atoms with Crippen LogP contribution in [0.2, 0.25) is 0 Å². The van der Waals surface area contributed by atoms with Gasteiger partial charge in [-0.2, -0.15) is 0 Å². The van der Waals surface area contributed by atoms with Crippen LogP contribution in [0, 0.1) is 5.92 Å². The SMILES string of the molecule is C=C1N=C(N)C=CN1[C@@H]1O[C@](C)(CCP(=C)(C)C)[C@@H](O)[C@H]1C. The quantitative estimate of drug-likeness (QED) is 0.774. The molecule has 4 atom stereocenters. The van der Waals surface area contributed by atoms with Crippen molar-refractivity contribution in [2.24, 2.45) is 16.6 Å². The molecule has 0 spiro atoms. The number of nitrogens with two attached hydrogens (primary N) is 1. The van der Waals surface area contributed by atoms with E-state index in [4.69, 9.17) is 10.5 Å². The molecule has 0 bridgehead atoms. The molecule has 124 valence electrons. The summed E-state index contributed by atoms with van der Waals surface area (Å²) in [5.41, 5.74) is 5.11. The smallest absolute Gasteiger partial charge is 0.141 e. The number of amidine groups is 1. The molecule has 3 N–H and O–H groups in total. The molecule has 5 nitrogen and oxygen atoms in total. The van der Waals surface area contributed by atoms with Gasteiger partial charge in [-0.05, 0) is 38.9 Å². The van der Waals surface area contributed by atoms with Crippen molar-refractivity contribution in [3.8, 4) is 0 Å². The van der Waals surface area contributed by atoms with Gasteiger partial charge in [-0.3, -0.25) is 0 Å². The van der Waals surface area contributed by atoms with Crippen molar-refractivity contribution in [1.29, 1.82) is 0 Å². The minimum absolute atomic E-state index is 0.0489. The van der Waals surface area contributed by atoms with Gasteiger partial charge in [0.15, 0.2) is 0 Å². The highest BCUT2D eigenvalue weighted by atomic mass is 31.2. The Kier molecular flexibility index (Phi) is 4.63. The van der Waals surface area contributed by atoms with Crippen LogP contribution in [0.1, 0.15) is 20.3 Å². The van der Waals surface area contributed by atoms with Gasteiger partial charge in [0.25, 0.3) is 0 Å². The lowest BCUT2D eigenvalue weighted by Gasteiger charge is -2.33. The van der Waals surface area contributed by atoms with Crippen molar-refractivity contribution >= 4 is 19.0 Å². The number of ether oxygens (including phenoxy) is 1. The zero-order valence-electron chi connectivity index (χ0n) is 14.0. The van der Waals surface area contributed by atoms with Gasteiger partial charge >= 0.3 is 0 Å². The van der Waals surface area contributed by atoms with E-state index in [1.165, 1.54) is 0 Å². The van der Waals surface area contributed by atoms with Gasteiger partial charge < -0.3 is 20.5 Å². The lowest BCUT2D eigenvalue weighted by atomic mass is 9.90. The summed E-state index contributed by atoms with van der Waals surface area (Å²) in [5, 5.41) is 10.7. The topological polar surface area (TPSA) is 71.1 Å². The summed E-state index contributed by atoms with van der Waals surface area (Å²) in [7, 11) is 0. The largest absolute Gasteiger partial charge is 0.390 e. The molecule has 2 heterocycles. The molecule has 0 radical (unpaired) electrons. The highest BCUT2D eigenvalue weighted by Crippen LogP contribution is 2.45. The molecule has 2 rings (SSSR count). The maximum Gasteiger partial charge on any atom is 0.141 e. The van der Waals surface area contributed by atoms with Crippen LogP contribution >= 0.6 is 6.89 Å². The van der Waals surface area contributed by atoms with E-state index >= 15 is 0 Å². The fraction of sp³-hybridized carbons (Fsp3) is 0.625. The molecule has 22 heavy (non-hydrogen) atoms. The van der Waals surface area contributed by atoms with Crippen LogP contribution < -0.4 is 5.73 Å². The maximum absolute atomic E-state index is 10.7. The summed E-state index contributed by atoms with van der Waals surface area (Å²) < 4.78 is 6.26. The summed E-state index contributed by atoms with van der Waals surface area (Å²) in [6, 6.07) is 0. The predicted octanol–water partition coefficient (Wildman–Crippen LogP) is 1.86. The minimum Gasteiger partial charge on any atom is -0.390 e. The molecule has 1 fully saturated rings. The predicted molar refractivity (Wildman–Crippen MR) is 95.6 cm³/mol. The van der Waals surface area contributed by atoms with E-state index in [2.05, 4.69) is 31.2 Å². The Morgan fingerprint density at radius 3 is 2.73 bits per heavy atom. The van der Waals surface area contributed by atoms with E-state index < -0.39 is 18.6 Å². The first-order valence-electron chi connectivity index (χ1n) is 7.56. The van der Waals surface area contributed by atoms with Crippen LogP contribution in [0.3, 0.4) is 0 Å². The van der Waals surface area contributed by atoms with E-state index in [1.54, 1.807) is 6.08 Å². The Bertz CT molecular complexity index is 566. The molecule has 0 aliphatic carbocycles. The van der Waals surface area contributed by atoms with Crippen LogP contribution in [0.5, 0.6) is 0 Å². The summed E-state index contributed by atoms with van der Waals surface area (Å²) >= 11 is 0. The summed E-state index contributed by atoms with van der Waals surface area (Å²) in [5.74, 6) is 0.921. The van der Waals surface area contributed by atoms with Crippen LogP contribution in [0.15, 0.2) is 29.7 Å². The summed E-state index contributed by atoms with van der Waals surface area (Å²) in [6.07, 6.45) is 8.75. The third-order valence-electron chi connectivity index (χ3n) is 4.41. The third-order valence-corrected chi connectivity index (χ3v) is 5.85. The molecule has 0 amide bonds. The summed E-state index contributed by atoms with van der Waals surface area (Å²) in [4.78, 5) is 6.02. The second-order valence-electron chi connectivity index (χ2n) is 7.21. The number of aliphatic hydroxyl groups excluding tert-OH is 1. The van der Waals surface area contributed by atoms with Crippen molar-refractivity contribution < 1.29 is 9.84 Å². The molecule has 0 unspecified atom stereocenters. The molecule has 0 aromatic rings. The van der Waals surface area contributed by atoms with Gasteiger partial charge in [-0.1, -0.05) is 13.5 Å². The van der Waals surface area contributed by atoms with Gasteiger partial charge in [-0.25, -0.2) is 4.99 Å². The number of hydrogen-bond donors (Lipinski definition) is 2. The Labute approximate surface area is 133 Å². The zero-order chi connectivity index (χ0) is 16.7. The van der Waals surface area contributed by atoms with E-state index in [1.807, 2.05) is 24.9 Å². The Morgan fingerprint density at radius 1 is 1.55 bits per heavy atom. The average molecular weight is 325 g/mol. The minimum atomic E-state index is -1.15. The Hall–Kier alpha value is -1.03. The molecule has 2 aliphatic heterocycles. The first-order chi connectivity index (χ1) is 10.0. The molecular formula is C16H28N3O2P. The van der Waals surface area contributed by atoms with E-state index in [9.17, 15) is 5.11 Å². The Balaban J connectivity index is 2.15. The van der Waals surface area contributed by atoms with Crippen molar-refractivity contribution in [2.45, 2.75) is 38.2 Å². The maximum atomic E-state index is 10.7. The lowest BCUT2D eigenvalue weighted by Crippen LogP contribution is -2.38. The molecule has 0 saturated carbocycles. The van der Waals surface area contributed by atoms with Crippen molar-refractivity contribution in [3.63, 3.8) is 0 Å². The number of nitrogens with zero attached hydrogens (tertiary/aromatic N) is 2. The lowest BCUT2D eigenvalue weighted by molar-refractivity contribution is -0.101. The highest BCUT2D eigenvalue weighted by Gasteiger charge is 2.51. The van der Waals surface area contributed by atoms with E-state index in [0.29, 0.717) is 11.7 Å².